The molecule has 1 N–H and O–H groups in total. The van der Waals surface area contributed by atoms with Crippen LogP contribution in [0.25, 0.3) is 0 Å². The summed E-state index contributed by atoms with van der Waals surface area (Å²) in [4.78, 5) is 33.7. The highest BCUT2D eigenvalue weighted by molar-refractivity contribution is 5.94. The van der Waals surface area contributed by atoms with Gasteiger partial charge in [-0.15, -0.1) is 0 Å². The lowest BCUT2D eigenvalue weighted by Gasteiger charge is -2.23. The lowest BCUT2D eigenvalue weighted by molar-refractivity contribution is -0.119. The molecule has 0 bridgehead atoms. The van der Waals surface area contributed by atoms with E-state index in [9.17, 15) is 9.59 Å². The molecule has 0 spiro atoms. The zero-order valence-electron chi connectivity index (χ0n) is 16.7. The number of benzene rings is 1. The maximum Gasteiger partial charge on any atom is 0.253 e. The standard InChI is InChI=1S/C23H28N4O2/c28-22(18-7-4-5-8-18)25-20-11-12-21(24-17-20)26-13-6-14-27(16-15-26)23(29)19-9-2-1-3-10-19/h1-3,9-12,17-18H,4-8,13-16H2,(H,25,28). The summed E-state index contributed by atoms with van der Waals surface area (Å²) in [5.74, 6) is 1.23. The van der Waals surface area contributed by atoms with E-state index in [0.717, 1.165) is 68.8 Å². The number of nitrogens with zero attached hydrogens (tertiary/aromatic N) is 3. The topological polar surface area (TPSA) is 65.5 Å². The quantitative estimate of drug-likeness (QED) is 0.864. The SMILES string of the molecule is O=C(Nc1ccc(N2CCCN(C(=O)c3ccccc3)CC2)nc1)C1CCCC1. The molecule has 0 radical (unpaired) electrons. The normalized spacial score (nSPS) is 17.8. The van der Waals surface area contributed by atoms with Crippen LogP contribution in [0.2, 0.25) is 0 Å². The van der Waals surface area contributed by atoms with Gasteiger partial charge in [-0.05, 0) is 43.5 Å². The third-order valence-electron chi connectivity index (χ3n) is 5.87. The Kier molecular flexibility index (Phi) is 6.08. The minimum atomic E-state index is 0.0883. The van der Waals surface area contributed by atoms with Crippen molar-refractivity contribution in [3.05, 3.63) is 54.2 Å². The first-order valence-corrected chi connectivity index (χ1v) is 10.6. The third kappa shape index (κ3) is 4.75. The average Bonchev–Trinajstić information content (AvgIpc) is 3.20. The number of hydrogen-bond acceptors (Lipinski definition) is 4. The second kappa shape index (κ2) is 9.07. The van der Waals surface area contributed by atoms with E-state index in [1.54, 1.807) is 6.20 Å². The van der Waals surface area contributed by atoms with Crippen LogP contribution in [0.1, 0.15) is 42.5 Å². The molecule has 2 aromatic rings. The lowest BCUT2D eigenvalue weighted by Crippen LogP contribution is -2.35. The molecule has 1 aromatic carbocycles. The minimum Gasteiger partial charge on any atom is -0.355 e. The Bertz CT molecular complexity index is 832. The van der Waals surface area contributed by atoms with Gasteiger partial charge >= 0.3 is 0 Å². The molecule has 0 atom stereocenters. The predicted octanol–water partition coefficient (Wildman–Crippen LogP) is 3.56. The van der Waals surface area contributed by atoms with Crippen molar-refractivity contribution in [3.8, 4) is 0 Å². The fourth-order valence-electron chi connectivity index (χ4n) is 4.19. The molecule has 2 heterocycles. The summed E-state index contributed by atoms with van der Waals surface area (Å²) in [5, 5.41) is 2.99. The van der Waals surface area contributed by atoms with Gasteiger partial charge in [0.25, 0.3) is 5.91 Å². The number of rotatable bonds is 4. The molecule has 1 saturated heterocycles. The highest BCUT2D eigenvalue weighted by Crippen LogP contribution is 2.26. The molecule has 29 heavy (non-hydrogen) atoms. The number of carbonyl (C=O) groups is 2. The molecule has 1 aromatic heterocycles. The number of aromatic nitrogens is 1. The highest BCUT2D eigenvalue weighted by Gasteiger charge is 2.23. The van der Waals surface area contributed by atoms with Gasteiger partial charge in [0.2, 0.25) is 5.91 Å². The molecule has 6 nitrogen and oxygen atoms in total. The van der Waals surface area contributed by atoms with Gasteiger partial charge in [0, 0.05) is 37.7 Å². The van der Waals surface area contributed by atoms with Crippen molar-refractivity contribution in [2.45, 2.75) is 32.1 Å². The first kappa shape index (κ1) is 19.4. The van der Waals surface area contributed by atoms with Gasteiger partial charge in [0.15, 0.2) is 0 Å². The maximum atomic E-state index is 12.7. The maximum absolute atomic E-state index is 12.7. The van der Waals surface area contributed by atoms with Crippen LogP contribution in [0.4, 0.5) is 11.5 Å². The number of pyridine rings is 1. The van der Waals surface area contributed by atoms with E-state index < -0.39 is 0 Å². The van der Waals surface area contributed by atoms with Crippen LogP contribution >= 0.6 is 0 Å². The third-order valence-corrected chi connectivity index (χ3v) is 5.87. The predicted molar refractivity (Wildman–Crippen MR) is 114 cm³/mol. The van der Waals surface area contributed by atoms with Gasteiger partial charge in [0.1, 0.15) is 5.82 Å². The minimum absolute atomic E-state index is 0.0883. The fourth-order valence-corrected chi connectivity index (χ4v) is 4.19. The molecule has 2 fully saturated rings. The number of nitrogens with one attached hydrogen (secondary N) is 1. The van der Waals surface area contributed by atoms with Crippen molar-refractivity contribution in [2.24, 2.45) is 5.92 Å². The van der Waals surface area contributed by atoms with Crippen LogP contribution in [-0.2, 0) is 4.79 Å². The van der Waals surface area contributed by atoms with Crippen LogP contribution in [0.5, 0.6) is 0 Å². The summed E-state index contributed by atoms with van der Waals surface area (Å²) in [6.07, 6.45) is 6.91. The summed E-state index contributed by atoms with van der Waals surface area (Å²) >= 11 is 0. The molecule has 152 valence electrons. The molecule has 0 unspecified atom stereocenters. The number of anilines is 2. The van der Waals surface area contributed by atoms with Gasteiger partial charge in [-0.3, -0.25) is 9.59 Å². The molecule has 1 saturated carbocycles. The Labute approximate surface area is 171 Å². The van der Waals surface area contributed by atoms with Crippen molar-refractivity contribution < 1.29 is 9.59 Å². The average molecular weight is 393 g/mol. The van der Waals surface area contributed by atoms with Crippen LogP contribution in [-0.4, -0.2) is 47.9 Å². The van der Waals surface area contributed by atoms with E-state index in [2.05, 4.69) is 15.2 Å². The second-order valence-corrected chi connectivity index (χ2v) is 7.87. The summed E-state index contributed by atoms with van der Waals surface area (Å²) in [5.41, 5.74) is 1.49. The van der Waals surface area contributed by atoms with E-state index in [-0.39, 0.29) is 17.7 Å². The Morgan fingerprint density at radius 1 is 0.897 bits per heavy atom. The van der Waals surface area contributed by atoms with E-state index in [1.165, 1.54) is 0 Å². The summed E-state index contributed by atoms with van der Waals surface area (Å²) in [6, 6.07) is 13.3. The number of amides is 2. The van der Waals surface area contributed by atoms with E-state index in [1.807, 2.05) is 47.4 Å². The van der Waals surface area contributed by atoms with E-state index in [4.69, 9.17) is 0 Å². The largest absolute Gasteiger partial charge is 0.355 e. The Balaban J connectivity index is 1.34. The molecule has 2 amide bonds. The summed E-state index contributed by atoms with van der Waals surface area (Å²) < 4.78 is 0. The van der Waals surface area contributed by atoms with Crippen molar-refractivity contribution in [1.82, 2.24) is 9.88 Å². The fraction of sp³-hybridized carbons (Fsp3) is 0.435. The van der Waals surface area contributed by atoms with E-state index >= 15 is 0 Å². The van der Waals surface area contributed by atoms with Crippen molar-refractivity contribution in [2.75, 3.05) is 36.4 Å². The van der Waals surface area contributed by atoms with Crippen molar-refractivity contribution >= 4 is 23.3 Å². The lowest BCUT2D eigenvalue weighted by atomic mass is 10.1. The van der Waals surface area contributed by atoms with Crippen molar-refractivity contribution in [1.29, 1.82) is 0 Å². The smallest absolute Gasteiger partial charge is 0.253 e. The summed E-state index contributed by atoms with van der Waals surface area (Å²) in [7, 11) is 0. The summed E-state index contributed by atoms with van der Waals surface area (Å²) in [6.45, 7) is 3.04. The first-order valence-electron chi connectivity index (χ1n) is 10.6. The van der Waals surface area contributed by atoms with Gasteiger partial charge in [-0.1, -0.05) is 31.0 Å². The second-order valence-electron chi connectivity index (χ2n) is 7.87. The Morgan fingerprint density at radius 3 is 2.41 bits per heavy atom. The molecule has 4 rings (SSSR count). The Morgan fingerprint density at radius 2 is 1.69 bits per heavy atom. The number of hydrogen-bond donors (Lipinski definition) is 1. The number of carbonyl (C=O) groups excluding carboxylic acids is 2. The molecule has 2 aliphatic rings. The van der Waals surface area contributed by atoms with Gasteiger partial charge in [-0.2, -0.15) is 0 Å². The van der Waals surface area contributed by atoms with Crippen molar-refractivity contribution in [3.63, 3.8) is 0 Å². The van der Waals surface area contributed by atoms with Crippen LogP contribution in [0.3, 0.4) is 0 Å². The molecular weight excluding hydrogens is 364 g/mol. The van der Waals surface area contributed by atoms with E-state index in [0.29, 0.717) is 6.54 Å². The van der Waals surface area contributed by atoms with Gasteiger partial charge in [0.05, 0.1) is 11.9 Å². The molecule has 6 heteroatoms. The van der Waals surface area contributed by atoms with Crippen LogP contribution in [0, 0.1) is 5.92 Å². The van der Waals surface area contributed by atoms with Crippen LogP contribution < -0.4 is 10.2 Å². The zero-order chi connectivity index (χ0) is 20.1. The first-order chi connectivity index (χ1) is 14.2. The molecular formula is C23H28N4O2. The van der Waals surface area contributed by atoms with Gasteiger partial charge < -0.3 is 15.1 Å². The van der Waals surface area contributed by atoms with Gasteiger partial charge in [-0.25, -0.2) is 4.98 Å². The molecule has 1 aliphatic heterocycles. The monoisotopic (exact) mass is 392 g/mol. The zero-order valence-corrected chi connectivity index (χ0v) is 16.7. The van der Waals surface area contributed by atoms with Crippen LogP contribution in [0.15, 0.2) is 48.7 Å². The molecule has 1 aliphatic carbocycles. The highest BCUT2D eigenvalue weighted by atomic mass is 16.2. The Hall–Kier alpha value is -2.89.